The maximum atomic E-state index is 10.1. The van der Waals surface area contributed by atoms with Gasteiger partial charge in [0.2, 0.25) is 0 Å². The molecule has 0 spiro atoms. The fraction of sp³-hybridized carbons (Fsp3) is 0.683. The van der Waals surface area contributed by atoms with Crippen LogP contribution in [-0.4, -0.2) is 83.5 Å². The van der Waals surface area contributed by atoms with Gasteiger partial charge in [0, 0.05) is 37.1 Å². The standard InChI is InChI=1S/4C12H20O3.2C6H13Br.2C6H8O3.C6H12.C4H9O.K.Na.H/c4*1-2-3-4-5-8-14-10-12-7-6-11(9-13)15-12;2*1-2-3-4-5-6-7;2*7-3-5-1-2-6(4-8)9-5;1-3-5-6-4-2;1-4(2,3)5;;;/h4*6-7,13H,2-5,8-10H2,1H3;2*2-6H2,1H3;2*1-2,7-8H,3-4H2;3H,1,4-6H2,2H3;1-3H3;;;/q;;;;;;;;;-1;2*+1;-1. The molecule has 0 saturated heterocycles. The van der Waals surface area contributed by atoms with E-state index in [0.29, 0.717) is 72.5 Å². The largest absolute Gasteiger partial charge is 1.00 e. The molecule has 6 aromatic heterocycles. The molecule has 0 aromatic carbocycles. The molecule has 6 rings (SSSR count). The minimum absolute atomic E-state index is 0. The molecule has 0 aliphatic heterocycles. The van der Waals surface area contributed by atoms with E-state index >= 15 is 0 Å². The summed E-state index contributed by atoms with van der Waals surface area (Å²) >= 11 is 6.76. The summed E-state index contributed by atoms with van der Waals surface area (Å²) in [5, 5.41) is 81.5. The summed E-state index contributed by atoms with van der Waals surface area (Å²) in [7, 11) is 0. The SMILES string of the molecule is C=CCCCC.CC(C)(C)[O-].CCCCCCBr.CCCCCCBr.CCCCCCOCc1ccc(CO)o1.CCCCCCOCc1ccc(CO)o1.CCCCCCOCc1ccc(CO)o1.CCCCCCOCc1ccc(CO)o1.OCc1ccc(CO)o1.OCc1ccc(CO)o1.[H-].[K+].[Na+]. The van der Waals surface area contributed by atoms with E-state index in [2.05, 4.69) is 86.9 Å². The Morgan fingerprint density at radius 2 is 0.486 bits per heavy atom. The van der Waals surface area contributed by atoms with Crippen LogP contribution in [0, 0.1) is 0 Å². The van der Waals surface area contributed by atoms with Gasteiger partial charge in [-0.2, -0.15) is 0 Å². The first kappa shape index (κ1) is 114. The van der Waals surface area contributed by atoms with Gasteiger partial charge in [0.15, 0.2) is 0 Å². The van der Waals surface area contributed by atoms with Gasteiger partial charge in [0.1, 0.15) is 148 Å². The van der Waals surface area contributed by atoms with E-state index in [1.54, 1.807) is 69.3 Å². The first-order valence-electron chi connectivity index (χ1n) is 38.0. The van der Waals surface area contributed by atoms with Crippen molar-refractivity contribution in [3.63, 3.8) is 0 Å². The monoisotopic (exact) mass is 1650 g/mol. The first-order chi connectivity index (χ1) is 49.9. The Balaban J connectivity index is -0.000000209. The number of hydrogen-bond acceptors (Lipinski definition) is 19. The Bertz CT molecular complexity index is 2260. The number of rotatable bonds is 47. The van der Waals surface area contributed by atoms with Crippen molar-refractivity contribution in [2.24, 2.45) is 0 Å². The number of furan rings is 6. The second-order valence-electron chi connectivity index (χ2n) is 25.0. The van der Waals surface area contributed by atoms with Crippen molar-refractivity contribution < 1.29 is 174 Å². The van der Waals surface area contributed by atoms with Crippen LogP contribution in [-0.2, 0) is 98.2 Å². The van der Waals surface area contributed by atoms with E-state index in [9.17, 15) is 5.11 Å². The van der Waals surface area contributed by atoms with Crippen LogP contribution >= 0.6 is 31.9 Å². The van der Waals surface area contributed by atoms with E-state index in [1.165, 1.54) is 158 Å². The molecule has 105 heavy (non-hydrogen) atoms. The zero-order chi connectivity index (χ0) is 77.5. The number of allylic oxidation sites excluding steroid dienone is 1. The molecule has 0 fully saturated rings. The third kappa shape index (κ3) is 83.3. The van der Waals surface area contributed by atoms with Crippen LogP contribution in [0.4, 0.5) is 0 Å². The average Bonchev–Trinajstić information content (AvgIpc) is 1.84. The van der Waals surface area contributed by atoms with Crippen molar-refractivity contribution in [1.82, 2.24) is 0 Å². The van der Waals surface area contributed by atoms with Crippen molar-refractivity contribution in [2.45, 2.75) is 327 Å². The fourth-order valence-corrected chi connectivity index (χ4v) is 8.92. The van der Waals surface area contributed by atoms with Crippen LogP contribution in [0.15, 0.2) is 112 Å². The quantitative estimate of drug-likeness (QED) is 0.00762. The molecule has 0 aliphatic carbocycles. The molecular formula is C82H144Br2KNaO19. The molecule has 6 aromatic rings. The second-order valence-corrected chi connectivity index (χ2v) is 26.6. The summed E-state index contributed by atoms with van der Waals surface area (Å²) in [6.07, 6.45) is 36.1. The van der Waals surface area contributed by atoms with E-state index in [0.717, 1.165) is 75.2 Å². The maximum Gasteiger partial charge on any atom is 1.00 e. The molecule has 6 heterocycles. The Hall–Kier alpha value is -1.50. The molecular weight excluding hydrogens is 1510 g/mol. The molecule has 602 valence electrons. The third-order valence-corrected chi connectivity index (χ3v) is 15.0. The van der Waals surface area contributed by atoms with Crippen molar-refractivity contribution in [3.8, 4) is 0 Å². The van der Waals surface area contributed by atoms with E-state index in [4.69, 9.17) is 86.3 Å². The number of ether oxygens (including phenoxy) is 4. The van der Waals surface area contributed by atoms with Gasteiger partial charge in [-0.25, -0.2) is 0 Å². The van der Waals surface area contributed by atoms with Gasteiger partial charge in [-0.15, -0.1) is 12.2 Å². The van der Waals surface area contributed by atoms with Gasteiger partial charge in [0.25, 0.3) is 0 Å². The number of alkyl halides is 2. The Labute approximate surface area is 717 Å². The summed E-state index contributed by atoms with van der Waals surface area (Å²) < 4.78 is 52.7. The van der Waals surface area contributed by atoms with Crippen molar-refractivity contribution >= 4 is 31.9 Å². The number of hydrogen-bond donors (Lipinski definition) is 8. The predicted octanol–water partition coefficient (Wildman–Crippen LogP) is 14.6. The van der Waals surface area contributed by atoms with Crippen molar-refractivity contribution in [1.29, 1.82) is 0 Å². The number of aliphatic hydroxyl groups excluding tert-OH is 8. The first-order valence-corrected chi connectivity index (χ1v) is 40.2. The van der Waals surface area contributed by atoms with E-state index in [1.807, 2.05) is 30.3 Å². The van der Waals surface area contributed by atoms with Gasteiger partial charge in [-0.1, -0.05) is 236 Å². The van der Waals surface area contributed by atoms with E-state index < -0.39 is 5.60 Å². The minimum atomic E-state index is -0.750. The number of aliphatic hydroxyl groups is 8. The van der Waals surface area contributed by atoms with Crippen LogP contribution in [0.5, 0.6) is 0 Å². The van der Waals surface area contributed by atoms with Gasteiger partial charge in [-0.3, -0.25) is 0 Å². The summed E-state index contributed by atoms with van der Waals surface area (Å²) in [6, 6.07) is 21.0. The van der Waals surface area contributed by atoms with Gasteiger partial charge >= 0.3 is 80.9 Å². The smallest absolute Gasteiger partial charge is 1.00 e. The molecule has 0 radical (unpaired) electrons. The van der Waals surface area contributed by atoms with Gasteiger partial charge in [0.05, 0.1) is 0 Å². The Morgan fingerprint density at radius 1 is 0.324 bits per heavy atom. The zero-order valence-electron chi connectivity index (χ0n) is 68.4. The van der Waals surface area contributed by atoms with Crippen LogP contribution in [0.2, 0.25) is 0 Å². The molecule has 19 nitrogen and oxygen atoms in total. The fourth-order valence-electron chi connectivity index (χ4n) is 8.13. The molecule has 0 amide bonds. The van der Waals surface area contributed by atoms with Crippen LogP contribution in [0.3, 0.4) is 0 Å². The van der Waals surface area contributed by atoms with Crippen molar-refractivity contribution in [2.75, 3.05) is 37.1 Å². The minimum Gasteiger partial charge on any atom is -1.00 e. The van der Waals surface area contributed by atoms with Gasteiger partial charge in [-0.05, 0) is 118 Å². The Kier molecular flexibility index (Phi) is 97.7. The molecule has 0 atom stereocenters. The summed E-state index contributed by atoms with van der Waals surface area (Å²) in [5.41, 5.74) is -0.750. The van der Waals surface area contributed by atoms with Crippen LogP contribution in [0.1, 0.15) is 313 Å². The van der Waals surface area contributed by atoms with Gasteiger partial charge < -0.3 is 92.8 Å². The predicted molar refractivity (Wildman–Crippen MR) is 421 cm³/mol. The number of unbranched alkanes of at least 4 members (excludes halogenated alkanes) is 20. The molecule has 0 saturated carbocycles. The van der Waals surface area contributed by atoms with Crippen LogP contribution in [0.25, 0.3) is 0 Å². The summed E-state index contributed by atoms with van der Waals surface area (Å²) in [5.74, 6) is 7.47. The second kappa shape index (κ2) is 89.7. The summed E-state index contributed by atoms with van der Waals surface area (Å²) in [4.78, 5) is 0. The third-order valence-electron chi connectivity index (χ3n) is 13.8. The molecule has 0 aliphatic rings. The average molecular weight is 1660 g/mol. The maximum absolute atomic E-state index is 10.1. The Morgan fingerprint density at radius 3 is 0.619 bits per heavy atom. The summed E-state index contributed by atoms with van der Waals surface area (Å²) in [6.45, 7) is 28.5. The zero-order valence-corrected chi connectivity index (χ0v) is 75.7. The van der Waals surface area contributed by atoms with Crippen molar-refractivity contribution in [3.05, 3.63) is 155 Å². The number of halogens is 2. The normalized spacial score (nSPS) is 10.2. The van der Waals surface area contributed by atoms with E-state index in [-0.39, 0.29) is 135 Å². The topological polar surface area (TPSA) is 301 Å². The molecule has 0 bridgehead atoms. The van der Waals surface area contributed by atoms with Crippen LogP contribution < -0.4 is 86.0 Å². The molecule has 8 N–H and O–H groups in total. The molecule has 23 heteroatoms. The molecule has 0 unspecified atom stereocenters.